The number of hydrogen-bond acceptors (Lipinski definition) is 3. The van der Waals surface area contributed by atoms with E-state index < -0.39 is 5.92 Å². The van der Waals surface area contributed by atoms with Crippen LogP contribution in [0.4, 0.5) is 0 Å². The van der Waals surface area contributed by atoms with Crippen molar-refractivity contribution in [3.8, 4) is 11.5 Å². The minimum atomic E-state index is -0.403. The molecular weight excluding hydrogens is 316 g/mol. The van der Waals surface area contributed by atoms with Crippen LogP contribution < -0.4 is 15.4 Å². The monoisotopic (exact) mass is 336 g/mol. The van der Waals surface area contributed by atoms with Crippen LogP contribution >= 0.6 is 0 Å². The fourth-order valence-corrected chi connectivity index (χ4v) is 3.16. The van der Waals surface area contributed by atoms with E-state index in [0.717, 1.165) is 24.0 Å². The van der Waals surface area contributed by atoms with Crippen molar-refractivity contribution in [3.63, 3.8) is 0 Å². The molecule has 0 atom stereocenters. The van der Waals surface area contributed by atoms with Crippen molar-refractivity contribution in [3.05, 3.63) is 59.7 Å². The van der Waals surface area contributed by atoms with Gasteiger partial charge in [0, 0.05) is 30.1 Å². The summed E-state index contributed by atoms with van der Waals surface area (Å²) >= 11 is 0. The molecule has 1 saturated carbocycles. The SMILES string of the molecule is O=C(NCCNC(=O)C1c2ccccc2Oc2ccccc21)C1CC1. The first-order valence-corrected chi connectivity index (χ1v) is 8.65. The molecule has 1 aliphatic heterocycles. The fraction of sp³-hybridized carbons (Fsp3) is 0.300. The standard InChI is InChI=1S/C20H20N2O3/c23-19(13-9-10-13)21-11-12-22-20(24)18-14-5-1-3-7-16(14)25-17-8-4-2-6-15(17)18/h1-8,13,18H,9-12H2,(H,21,23)(H,22,24). The van der Waals surface area contributed by atoms with Crippen molar-refractivity contribution >= 4 is 11.8 Å². The summed E-state index contributed by atoms with van der Waals surface area (Å²) in [6, 6.07) is 15.2. The average Bonchev–Trinajstić information content (AvgIpc) is 3.48. The Morgan fingerprint density at radius 1 is 0.840 bits per heavy atom. The fourth-order valence-electron chi connectivity index (χ4n) is 3.16. The summed E-state index contributed by atoms with van der Waals surface area (Å²) in [6.45, 7) is 0.868. The lowest BCUT2D eigenvalue weighted by molar-refractivity contribution is -0.123. The highest BCUT2D eigenvalue weighted by atomic mass is 16.5. The van der Waals surface area contributed by atoms with Crippen molar-refractivity contribution in [1.29, 1.82) is 0 Å². The molecule has 2 aliphatic rings. The molecule has 0 aromatic heterocycles. The van der Waals surface area contributed by atoms with Gasteiger partial charge in [0.15, 0.2) is 0 Å². The Morgan fingerprint density at radius 2 is 1.36 bits per heavy atom. The highest BCUT2D eigenvalue weighted by Crippen LogP contribution is 2.43. The Morgan fingerprint density at radius 3 is 1.92 bits per heavy atom. The van der Waals surface area contributed by atoms with E-state index in [9.17, 15) is 9.59 Å². The first kappa shape index (κ1) is 15.7. The number of hydrogen-bond donors (Lipinski definition) is 2. The second-order valence-corrected chi connectivity index (χ2v) is 6.47. The number of nitrogens with one attached hydrogen (secondary N) is 2. The molecule has 2 amide bonds. The summed E-state index contributed by atoms with van der Waals surface area (Å²) in [5.74, 6) is 1.22. The van der Waals surface area contributed by atoms with E-state index >= 15 is 0 Å². The highest BCUT2D eigenvalue weighted by Gasteiger charge is 2.32. The lowest BCUT2D eigenvalue weighted by Gasteiger charge is -2.27. The maximum atomic E-state index is 12.8. The molecule has 0 unspecified atom stereocenters. The summed E-state index contributed by atoms with van der Waals surface area (Å²) in [5, 5.41) is 5.80. The van der Waals surface area contributed by atoms with Gasteiger partial charge < -0.3 is 15.4 Å². The van der Waals surface area contributed by atoms with Gasteiger partial charge in [-0.05, 0) is 25.0 Å². The molecule has 1 aliphatic carbocycles. The molecular formula is C20H20N2O3. The maximum absolute atomic E-state index is 12.8. The van der Waals surface area contributed by atoms with Crippen LogP contribution in [0.1, 0.15) is 29.9 Å². The molecule has 5 heteroatoms. The molecule has 2 aromatic carbocycles. The van der Waals surface area contributed by atoms with Crippen molar-refractivity contribution in [2.24, 2.45) is 5.92 Å². The molecule has 2 aromatic rings. The molecule has 0 bridgehead atoms. The summed E-state index contributed by atoms with van der Waals surface area (Å²) < 4.78 is 5.91. The van der Waals surface area contributed by atoms with Crippen LogP contribution in [-0.2, 0) is 9.59 Å². The molecule has 1 fully saturated rings. The van der Waals surface area contributed by atoms with Gasteiger partial charge in [0.1, 0.15) is 11.5 Å². The molecule has 4 rings (SSSR count). The third kappa shape index (κ3) is 3.22. The number of amides is 2. The van der Waals surface area contributed by atoms with Crippen LogP contribution in [-0.4, -0.2) is 24.9 Å². The smallest absolute Gasteiger partial charge is 0.232 e. The minimum absolute atomic E-state index is 0.0797. The van der Waals surface area contributed by atoms with Crippen LogP contribution in [0.25, 0.3) is 0 Å². The molecule has 1 heterocycles. The number of carbonyl (C=O) groups is 2. The molecule has 2 N–H and O–H groups in total. The number of para-hydroxylation sites is 2. The number of benzene rings is 2. The van der Waals surface area contributed by atoms with Crippen LogP contribution in [0.15, 0.2) is 48.5 Å². The zero-order chi connectivity index (χ0) is 17.2. The largest absolute Gasteiger partial charge is 0.457 e. The zero-order valence-corrected chi connectivity index (χ0v) is 13.8. The number of ether oxygens (including phenoxy) is 1. The quantitative estimate of drug-likeness (QED) is 0.825. The van der Waals surface area contributed by atoms with Crippen molar-refractivity contribution in [2.45, 2.75) is 18.8 Å². The lowest BCUT2D eigenvalue weighted by Crippen LogP contribution is -2.38. The Bertz CT molecular complexity index is 769. The van der Waals surface area contributed by atoms with Gasteiger partial charge in [-0.3, -0.25) is 9.59 Å². The molecule has 0 spiro atoms. The summed E-state index contributed by atoms with van der Waals surface area (Å²) in [5.41, 5.74) is 1.72. The normalized spacial score (nSPS) is 15.5. The van der Waals surface area contributed by atoms with Crippen molar-refractivity contribution in [1.82, 2.24) is 10.6 Å². The van der Waals surface area contributed by atoms with E-state index in [-0.39, 0.29) is 17.7 Å². The first-order chi connectivity index (χ1) is 12.2. The van der Waals surface area contributed by atoms with E-state index in [4.69, 9.17) is 4.74 Å². The first-order valence-electron chi connectivity index (χ1n) is 8.65. The zero-order valence-electron chi connectivity index (χ0n) is 13.8. The second-order valence-electron chi connectivity index (χ2n) is 6.47. The number of rotatable bonds is 5. The van der Waals surface area contributed by atoms with Gasteiger partial charge in [0.25, 0.3) is 0 Å². The summed E-state index contributed by atoms with van der Waals surface area (Å²) in [4.78, 5) is 24.5. The predicted octanol–water partition coefficient (Wildman–Crippen LogP) is 2.57. The molecule has 25 heavy (non-hydrogen) atoms. The molecule has 0 radical (unpaired) electrons. The molecule has 0 saturated heterocycles. The van der Waals surface area contributed by atoms with Gasteiger partial charge in [-0.2, -0.15) is 0 Å². The molecule has 5 nitrogen and oxygen atoms in total. The van der Waals surface area contributed by atoms with Crippen LogP contribution in [0.3, 0.4) is 0 Å². The maximum Gasteiger partial charge on any atom is 0.232 e. The van der Waals surface area contributed by atoms with E-state index in [2.05, 4.69) is 10.6 Å². The van der Waals surface area contributed by atoms with Gasteiger partial charge in [0.2, 0.25) is 11.8 Å². The van der Waals surface area contributed by atoms with Gasteiger partial charge >= 0.3 is 0 Å². The third-order valence-electron chi connectivity index (χ3n) is 4.61. The van der Waals surface area contributed by atoms with Crippen LogP contribution in [0, 0.1) is 5.92 Å². The summed E-state index contributed by atoms with van der Waals surface area (Å²) in [6.07, 6.45) is 1.96. The van der Waals surface area contributed by atoms with Gasteiger partial charge in [-0.15, -0.1) is 0 Å². The number of carbonyl (C=O) groups excluding carboxylic acids is 2. The van der Waals surface area contributed by atoms with Crippen LogP contribution in [0.2, 0.25) is 0 Å². The topological polar surface area (TPSA) is 67.4 Å². The van der Waals surface area contributed by atoms with Gasteiger partial charge in [-0.1, -0.05) is 36.4 Å². The van der Waals surface area contributed by atoms with Crippen molar-refractivity contribution in [2.75, 3.05) is 13.1 Å². The van der Waals surface area contributed by atoms with E-state index in [1.54, 1.807) is 0 Å². The Kier molecular flexibility index (Phi) is 4.14. The van der Waals surface area contributed by atoms with E-state index in [0.29, 0.717) is 24.6 Å². The second kappa shape index (κ2) is 6.59. The van der Waals surface area contributed by atoms with E-state index in [1.165, 1.54) is 0 Å². The minimum Gasteiger partial charge on any atom is -0.457 e. The van der Waals surface area contributed by atoms with E-state index in [1.807, 2.05) is 48.5 Å². The summed E-state index contributed by atoms with van der Waals surface area (Å²) in [7, 11) is 0. The Hall–Kier alpha value is -2.82. The third-order valence-corrected chi connectivity index (χ3v) is 4.61. The lowest BCUT2D eigenvalue weighted by atomic mass is 9.87. The average molecular weight is 336 g/mol. The van der Waals surface area contributed by atoms with Crippen molar-refractivity contribution < 1.29 is 14.3 Å². The van der Waals surface area contributed by atoms with Crippen LogP contribution in [0.5, 0.6) is 11.5 Å². The molecule has 128 valence electrons. The van der Waals surface area contributed by atoms with Gasteiger partial charge in [0.05, 0.1) is 5.92 Å². The Labute approximate surface area is 146 Å². The number of fused-ring (bicyclic) bond motifs is 2. The van der Waals surface area contributed by atoms with Gasteiger partial charge in [-0.25, -0.2) is 0 Å². The highest BCUT2D eigenvalue weighted by molar-refractivity contribution is 5.89. The Balaban J connectivity index is 1.47. The predicted molar refractivity (Wildman–Crippen MR) is 93.5 cm³/mol.